The number of hydrogen-bond acceptors (Lipinski definition) is 3. The SMILES string of the molecule is CCCc1nc(C(C(F)(F)F)C(F)(F)F)oc1C(=O)O. The second-order valence-electron chi connectivity index (χ2n) is 3.90. The molecule has 0 spiro atoms. The summed E-state index contributed by atoms with van der Waals surface area (Å²) in [6.07, 6.45) is -11.2. The van der Waals surface area contributed by atoms with Gasteiger partial charge >= 0.3 is 18.3 Å². The number of aromatic carboxylic acids is 1. The highest BCUT2D eigenvalue weighted by Gasteiger charge is 2.60. The summed E-state index contributed by atoms with van der Waals surface area (Å²) in [4.78, 5) is 13.8. The fourth-order valence-electron chi connectivity index (χ4n) is 1.53. The number of alkyl halides is 6. The number of oxazole rings is 1. The highest BCUT2D eigenvalue weighted by Crippen LogP contribution is 2.46. The van der Waals surface area contributed by atoms with Crippen molar-refractivity contribution in [3.05, 3.63) is 17.3 Å². The average Bonchev–Trinajstić information content (AvgIpc) is 2.57. The lowest BCUT2D eigenvalue weighted by Crippen LogP contribution is -2.34. The van der Waals surface area contributed by atoms with Crippen LogP contribution in [0, 0.1) is 0 Å². The third kappa shape index (κ3) is 3.42. The van der Waals surface area contributed by atoms with Gasteiger partial charge in [-0.05, 0) is 6.42 Å². The number of carbonyl (C=O) groups is 1. The molecule has 10 heteroatoms. The molecule has 0 saturated heterocycles. The first-order valence-electron chi connectivity index (χ1n) is 5.34. The molecule has 0 aliphatic carbocycles. The normalized spacial score (nSPS) is 13.0. The molecule has 0 aliphatic rings. The predicted octanol–water partition coefficient (Wildman–Crippen LogP) is 3.53. The van der Waals surface area contributed by atoms with Crippen LogP contribution in [0.1, 0.15) is 41.4 Å². The van der Waals surface area contributed by atoms with Crippen LogP contribution in [0.3, 0.4) is 0 Å². The second-order valence-corrected chi connectivity index (χ2v) is 3.90. The molecular weight excluding hydrogens is 296 g/mol. The zero-order valence-corrected chi connectivity index (χ0v) is 9.97. The van der Waals surface area contributed by atoms with Crippen LogP contribution in [-0.4, -0.2) is 28.4 Å². The van der Waals surface area contributed by atoms with Gasteiger partial charge in [-0.25, -0.2) is 9.78 Å². The molecule has 0 radical (unpaired) electrons. The fraction of sp³-hybridized carbons (Fsp3) is 0.600. The first-order chi connectivity index (χ1) is 8.98. The Morgan fingerprint density at radius 3 is 2.10 bits per heavy atom. The molecule has 1 aromatic rings. The maximum Gasteiger partial charge on any atom is 0.409 e. The lowest BCUT2D eigenvalue weighted by molar-refractivity contribution is -0.258. The van der Waals surface area contributed by atoms with E-state index in [0.717, 1.165) is 0 Å². The van der Waals surface area contributed by atoms with Gasteiger partial charge in [-0.2, -0.15) is 26.3 Å². The summed E-state index contributed by atoms with van der Waals surface area (Å²) < 4.78 is 79.0. The summed E-state index contributed by atoms with van der Waals surface area (Å²) in [5, 5.41) is 8.70. The van der Waals surface area contributed by atoms with Crippen LogP contribution in [0.15, 0.2) is 4.42 Å². The first-order valence-corrected chi connectivity index (χ1v) is 5.34. The van der Waals surface area contributed by atoms with Gasteiger partial charge in [0, 0.05) is 0 Å². The van der Waals surface area contributed by atoms with Crippen LogP contribution in [0.4, 0.5) is 26.3 Å². The zero-order chi connectivity index (χ0) is 15.7. The molecule has 20 heavy (non-hydrogen) atoms. The van der Waals surface area contributed by atoms with E-state index in [9.17, 15) is 31.1 Å². The maximum atomic E-state index is 12.5. The van der Waals surface area contributed by atoms with Crippen LogP contribution < -0.4 is 0 Å². The molecule has 1 N–H and O–H groups in total. The Morgan fingerprint density at radius 2 is 1.75 bits per heavy atom. The Bertz CT molecular complexity index is 476. The van der Waals surface area contributed by atoms with Crippen molar-refractivity contribution < 1.29 is 40.7 Å². The van der Waals surface area contributed by atoms with Crippen molar-refractivity contribution in [2.24, 2.45) is 0 Å². The zero-order valence-electron chi connectivity index (χ0n) is 9.97. The van der Waals surface area contributed by atoms with E-state index in [4.69, 9.17) is 5.11 Å². The molecule has 1 heterocycles. The summed E-state index contributed by atoms with van der Waals surface area (Å²) >= 11 is 0. The highest BCUT2D eigenvalue weighted by molar-refractivity contribution is 5.85. The Balaban J connectivity index is 3.36. The summed E-state index contributed by atoms with van der Waals surface area (Å²) in [7, 11) is 0. The molecule has 1 rings (SSSR count). The molecule has 0 bridgehead atoms. The fourth-order valence-corrected chi connectivity index (χ4v) is 1.53. The van der Waals surface area contributed by atoms with Crippen LogP contribution in [-0.2, 0) is 6.42 Å². The number of carboxylic acid groups (broad SMARTS) is 1. The van der Waals surface area contributed by atoms with Crippen molar-refractivity contribution >= 4 is 5.97 Å². The maximum absolute atomic E-state index is 12.5. The van der Waals surface area contributed by atoms with E-state index in [0.29, 0.717) is 0 Å². The monoisotopic (exact) mass is 305 g/mol. The highest BCUT2D eigenvalue weighted by atomic mass is 19.4. The molecular formula is C10H9F6NO3. The van der Waals surface area contributed by atoms with E-state index in [1.807, 2.05) is 0 Å². The molecule has 114 valence electrons. The predicted molar refractivity (Wildman–Crippen MR) is 52.3 cm³/mol. The first kappa shape index (κ1) is 16.3. The average molecular weight is 305 g/mol. The van der Waals surface area contributed by atoms with Gasteiger partial charge in [-0.3, -0.25) is 0 Å². The third-order valence-corrected chi connectivity index (χ3v) is 2.30. The summed E-state index contributed by atoms with van der Waals surface area (Å²) in [5.74, 6) is -8.42. The molecule has 0 aromatic carbocycles. The number of hydrogen-bond donors (Lipinski definition) is 1. The topological polar surface area (TPSA) is 63.3 Å². The lowest BCUT2D eigenvalue weighted by atomic mass is 10.1. The minimum atomic E-state index is -5.68. The van der Waals surface area contributed by atoms with Crippen molar-refractivity contribution in [3.8, 4) is 0 Å². The van der Waals surface area contributed by atoms with Crippen LogP contribution >= 0.6 is 0 Å². The molecule has 0 saturated carbocycles. The van der Waals surface area contributed by atoms with Crippen LogP contribution in [0.2, 0.25) is 0 Å². The lowest BCUT2D eigenvalue weighted by Gasteiger charge is -2.19. The van der Waals surface area contributed by atoms with Gasteiger partial charge in [0.05, 0.1) is 5.69 Å². The van der Waals surface area contributed by atoms with Crippen molar-refractivity contribution in [2.75, 3.05) is 0 Å². The van der Waals surface area contributed by atoms with Crippen molar-refractivity contribution in [1.29, 1.82) is 0 Å². The Kier molecular flexibility index (Phi) is 4.35. The molecule has 1 aromatic heterocycles. The van der Waals surface area contributed by atoms with E-state index in [1.165, 1.54) is 0 Å². The summed E-state index contributed by atoms with van der Waals surface area (Å²) in [6, 6.07) is 0. The van der Waals surface area contributed by atoms with Gasteiger partial charge in [0.2, 0.25) is 17.6 Å². The van der Waals surface area contributed by atoms with Gasteiger partial charge in [0.1, 0.15) is 0 Å². The molecule has 0 atom stereocenters. The minimum Gasteiger partial charge on any atom is -0.475 e. The molecule has 0 aliphatic heterocycles. The van der Waals surface area contributed by atoms with Gasteiger partial charge in [0.15, 0.2) is 0 Å². The van der Waals surface area contributed by atoms with E-state index >= 15 is 0 Å². The summed E-state index contributed by atoms with van der Waals surface area (Å²) in [5.41, 5.74) is -0.437. The third-order valence-electron chi connectivity index (χ3n) is 2.30. The number of rotatable bonds is 4. The molecule has 0 unspecified atom stereocenters. The van der Waals surface area contributed by atoms with Crippen molar-refractivity contribution in [3.63, 3.8) is 0 Å². The molecule has 0 fully saturated rings. The molecule has 0 amide bonds. The quantitative estimate of drug-likeness (QED) is 0.864. The number of halogens is 6. The van der Waals surface area contributed by atoms with Crippen LogP contribution in [0.25, 0.3) is 0 Å². The van der Waals surface area contributed by atoms with Crippen molar-refractivity contribution in [1.82, 2.24) is 4.98 Å². The Hall–Kier alpha value is -1.74. The van der Waals surface area contributed by atoms with Gasteiger partial charge in [-0.1, -0.05) is 13.3 Å². The second kappa shape index (κ2) is 5.33. The smallest absolute Gasteiger partial charge is 0.409 e. The number of aromatic nitrogens is 1. The Morgan fingerprint density at radius 1 is 1.25 bits per heavy atom. The van der Waals surface area contributed by atoms with Gasteiger partial charge < -0.3 is 9.52 Å². The van der Waals surface area contributed by atoms with E-state index in [-0.39, 0.29) is 12.8 Å². The van der Waals surface area contributed by atoms with E-state index in [2.05, 4.69) is 9.40 Å². The largest absolute Gasteiger partial charge is 0.475 e. The summed E-state index contributed by atoms with van der Waals surface area (Å²) in [6.45, 7) is 1.56. The number of carboxylic acids is 1. The van der Waals surface area contributed by atoms with Gasteiger partial charge in [-0.15, -0.1) is 0 Å². The van der Waals surface area contributed by atoms with E-state index < -0.39 is 41.6 Å². The standard InChI is InChI=1S/C10H9F6NO3/c1-2-3-4-5(8(18)19)20-7(17-4)6(9(11,12)13)10(14,15)16/h6H,2-3H2,1H3,(H,18,19). The van der Waals surface area contributed by atoms with Crippen molar-refractivity contribution in [2.45, 2.75) is 38.0 Å². The minimum absolute atomic E-state index is 0.104. The van der Waals surface area contributed by atoms with E-state index in [1.54, 1.807) is 6.92 Å². The number of aryl methyl sites for hydroxylation is 1. The van der Waals surface area contributed by atoms with Crippen LogP contribution in [0.5, 0.6) is 0 Å². The molecule has 4 nitrogen and oxygen atoms in total. The number of nitrogens with zero attached hydrogens (tertiary/aromatic N) is 1. The Labute approximate surface area is 108 Å². The van der Waals surface area contributed by atoms with Gasteiger partial charge in [0.25, 0.3) is 0 Å².